The fraction of sp³-hybridized carbons (Fsp3) is 0.231. The molecule has 0 radical (unpaired) electrons. The highest BCUT2D eigenvalue weighted by atomic mass is 35.5. The number of aromatic nitrogens is 2. The molecule has 0 aliphatic heterocycles. The summed E-state index contributed by atoms with van der Waals surface area (Å²) < 4.78 is 5.28. The summed E-state index contributed by atoms with van der Waals surface area (Å²) in [5.74, 6) is 1.30. The van der Waals surface area contributed by atoms with E-state index in [1.807, 2.05) is 13.1 Å². The van der Waals surface area contributed by atoms with Crippen LogP contribution in [0.2, 0.25) is 5.02 Å². The molecule has 0 saturated carbocycles. The van der Waals surface area contributed by atoms with E-state index < -0.39 is 0 Å². The molecule has 1 aromatic carbocycles. The topological polar surface area (TPSA) is 47.0 Å². The van der Waals surface area contributed by atoms with Gasteiger partial charge in [-0.15, -0.1) is 0 Å². The van der Waals surface area contributed by atoms with Gasteiger partial charge < -0.3 is 10.1 Å². The van der Waals surface area contributed by atoms with E-state index in [4.69, 9.17) is 16.3 Å². The fourth-order valence-corrected chi connectivity index (χ4v) is 1.80. The van der Waals surface area contributed by atoms with Crippen molar-refractivity contribution in [3.05, 3.63) is 41.2 Å². The first-order chi connectivity index (χ1) is 8.74. The molecule has 0 spiro atoms. The van der Waals surface area contributed by atoms with Crippen LogP contribution in [0.25, 0.3) is 11.4 Å². The van der Waals surface area contributed by atoms with Gasteiger partial charge in [0.05, 0.1) is 12.7 Å². The summed E-state index contributed by atoms with van der Waals surface area (Å²) in [4.78, 5) is 8.66. The summed E-state index contributed by atoms with van der Waals surface area (Å²) >= 11 is 5.92. The van der Waals surface area contributed by atoms with Gasteiger partial charge in [0, 0.05) is 29.5 Å². The van der Waals surface area contributed by atoms with Crippen LogP contribution in [0.3, 0.4) is 0 Å². The SMILES string of the molecule is CNCc1cnc(-c2ccc(Cl)cc2OC)nc1. The Kier molecular flexibility index (Phi) is 4.12. The molecule has 0 amide bonds. The highest BCUT2D eigenvalue weighted by Crippen LogP contribution is 2.29. The number of methoxy groups -OCH3 is 1. The molecule has 2 rings (SSSR count). The maximum absolute atomic E-state index is 5.92. The van der Waals surface area contributed by atoms with Crippen LogP contribution >= 0.6 is 11.6 Å². The zero-order chi connectivity index (χ0) is 13.0. The van der Waals surface area contributed by atoms with Gasteiger partial charge in [-0.1, -0.05) is 11.6 Å². The molecular formula is C13H14ClN3O. The van der Waals surface area contributed by atoms with Crippen molar-refractivity contribution in [1.29, 1.82) is 0 Å². The second-order valence-electron chi connectivity index (χ2n) is 3.79. The summed E-state index contributed by atoms with van der Waals surface area (Å²) in [5.41, 5.74) is 1.87. The molecule has 0 aliphatic rings. The molecule has 1 heterocycles. The number of hydrogen-bond acceptors (Lipinski definition) is 4. The number of rotatable bonds is 4. The van der Waals surface area contributed by atoms with Gasteiger partial charge in [-0.25, -0.2) is 9.97 Å². The van der Waals surface area contributed by atoms with Crippen molar-refractivity contribution in [3.8, 4) is 17.1 Å². The van der Waals surface area contributed by atoms with E-state index in [9.17, 15) is 0 Å². The summed E-state index contributed by atoms with van der Waals surface area (Å²) in [6.07, 6.45) is 3.60. The zero-order valence-electron chi connectivity index (χ0n) is 10.3. The molecule has 0 atom stereocenters. The molecule has 94 valence electrons. The Morgan fingerprint density at radius 3 is 2.61 bits per heavy atom. The van der Waals surface area contributed by atoms with Gasteiger partial charge in [-0.05, 0) is 25.2 Å². The van der Waals surface area contributed by atoms with Gasteiger partial charge in [0.2, 0.25) is 0 Å². The van der Waals surface area contributed by atoms with Crippen molar-refractivity contribution < 1.29 is 4.74 Å². The van der Waals surface area contributed by atoms with E-state index in [0.29, 0.717) is 16.6 Å². The van der Waals surface area contributed by atoms with Crippen molar-refractivity contribution in [3.63, 3.8) is 0 Å². The van der Waals surface area contributed by atoms with E-state index in [0.717, 1.165) is 17.7 Å². The molecule has 0 fully saturated rings. The second kappa shape index (κ2) is 5.80. The second-order valence-corrected chi connectivity index (χ2v) is 4.23. The van der Waals surface area contributed by atoms with Gasteiger partial charge >= 0.3 is 0 Å². The third kappa shape index (κ3) is 2.78. The average molecular weight is 264 g/mol. The number of ether oxygens (including phenoxy) is 1. The Bertz CT molecular complexity index is 528. The molecule has 5 heteroatoms. The van der Waals surface area contributed by atoms with Gasteiger partial charge in [0.1, 0.15) is 5.75 Å². The Balaban J connectivity index is 2.36. The molecule has 1 aromatic heterocycles. The molecule has 18 heavy (non-hydrogen) atoms. The summed E-state index contributed by atoms with van der Waals surface area (Å²) in [7, 11) is 3.49. The highest BCUT2D eigenvalue weighted by molar-refractivity contribution is 6.30. The first-order valence-electron chi connectivity index (χ1n) is 5.54. The lowest BCUT2D eigenvalue weighted by atomic mass is 10.2. The fourth-order valence-electron chi connectivity index (χ4n) is 1.64. The van der Waals surface area contributed by atoms with Crippen molar-refractivity contribution in [2.75, 3.05) is 14.2 Å². The minimum atomic E-state index is 0.627. The summed E-state index contributed by atoms with van der Waals surface area (Å²) in [5, 5.41) is 3.68. The Morgan fingerprint density at radius 1 is 1.28 bits per heavy atom. The number of nitrogens with zero attached hydrogens (tertiary/aromatic N) is 2. The number of hydrogen-bond donors (Lipinski definition) is 1. The Labute approximate surface area is 111 Å². The van der Waals surface area contributed by atoms with Crippen molar-refractivity contribution >= 4 is 11.6 Å². The summed E-state index contributed by atoms with van der Waals surface area (Å²) in [6, 6.07) is 5.40. The van der Waals surface area contributed by atoms with E-state index >= 15 is 0 Å². The van der Waals surface area contributed by atoms with Gasteiger partial charge in [-0.2, -0.15) is 0 Å². The molecule has 2 aromatic rings. The maximum atomic E-state index is 5.92. The first-order valence-corrected chi connectivity index (χ1v) is 5.92. The van der Waals surface area contributed by atoms with Crippen LogP contribution in [0.1, 0.15) is 5.56 Å². The average Bonchev–Trinajstić information content (AvgIpc) is 2.40. The van der Waals surface area contributed by atoms with Crippen LogP contribution in [-0.2, 0) is 6.54 Å². The highest BCUT2D eigenvalue weighted by Gasteiger charge is 2.09. The Morgan fingerprint density at radius 2 is 2.00 bits per heavy atom. The van der Waals surface area contributed by atoms with Crippen LogP contribution in [0.4, 0.5) is 0 Å². The van der Waals surface area contributed by atoms with Crippen molar-refractivity contribution in [1.82, 2.24) is 15.3 Å². The van der Waals surface area contributed by atoms with Gasteiger partial charge in [-0.3, -0.25) is 0 Å². The monoisotopic (exact) mass is 263 g/mol. The lowest BCUT2D eigenvalue weighted by Gasteiger charge is -2.08. The Hall–Kier alpha value is -1.65. The molecular weight excluding hydrogens is 250 g/mol. The molecule has 4 nitrogen and oxygen atoms in total. The lowest BCUT2D eigenvalue weighted by molar-refractivity contribution is 0.416. The number of nitrogens with one attached hydrogen (secondary N) is 1. The molecule has 0 saturated heterocycles. The van der Waals surface area contributed by atoms with E-state index in [-0.39, 0.29) is 0 Å². The third-order valence-electron chi connectivity index (χ3n) is 2.49. The van der Waals surface area contributed by atoms with Crippen LogP contribution in [0.15, 0.2) is 30.6 Å². The van der Waals surface area contributed by atoms with E-state index in [1.165, 1.54) is 0 Å². The van der Waals surface area contributed by atoms with E-state index in [2.05, 4.69) is 15.3 Å². The number of halogens is 1. The van der Waals surface area contributed by atoms with Crippen LogP contribution in [0, 0.1) is 0 Å². The first kappa shape index (κ1) is 12.8. The third-order valence-corrected chi connectivity index (χ3v) is 2.73. The van der Waals surface area contributed by atoms with E-state index in [1.54, 1.807) is 31.6 Å². The van der Waals surface area contributed by atoms with Crippen molar-refractivity contribution in [2.45, 2.75) is 6.54 Å². The predicted molar refractivity (Wildman–Crippen MR) is 71.8 cm³/mol. The normalized spacial score (nSPS) is 10.4. The maximum Gasteiger partial charge on any atom is 0.162 e. The summed E-state index contributed by atoms with van der Waals surface area (Å²) in [6.45, 7) is 0.748. The smallest absolute Gasteiger partial charge is 0.162 e. The largest absolute Gasteiger partial charge is 0.496 e. The minimum absolute atomic E-state index is 0.627. The quantitative estimate of drug-likeness (QED) is 0.921. The van der Waals surface area contributed by atoms with Crippen LogP contribution in [-0.4, -0.2) is 24.1 Å². The zero-order valence-corrected chi connectivity index (χ0v) is 11.0. The number of benzene rings is 1. The van der Waals surface area contributed by atoms with Gasteiger partial charge in [0.25, 0.3) is 0 Å². The predicted octanol–water partition coefficient (Wildman–Crippen LogP) is 2.53. The van der Waals surface area contributed by atoms with Crippen molar-refractivity contribution in [2.24, 2.45) is 0 Å². The van der Waals surface area contributed by atoms with Crippen LogP contribution < -0.4 is 10.1 Å². The molecule has 0 unspecified atom stereocenters. The standard InChI is InChI=1S/C13H14ClN3O/c1-15-6-9-7-16-13(17-8-9)11-4-3-10(14)5-12(11)18-2/h3-5,7-8,15H,6H2,1-2H3. The molecule has 0 aliphatic carbocycles. The molecule has 0 bridgehead atoms. The van der Waals surface area contributed by atoms with Crippen LogP contribution in [0.5, 0.6) is 5.75 Å². The molecule has 1 N–H and O–H groups in total. The lowest BCUT2D eigenvalue weighted by Crippen LogP contribution is -2.06. The van der Waals surface area contributed by atoms with Gasteiger partial charge in [0.15, 0.2) is 5.82 Å². The minimum Gasteiger partial charge on any atom is -0.496 e.